The molecule has 7 heteroatoms. The molecule has 6 nitrogen and oxygen atoms in total. The molecule has 0 bridgehead atoms. The van der Waals surface area contributed by atoms with Gasteiger partial charge in [-0.15, -0.1) is 0 Å². The van der Waals surface area contributed by atoms with E-state index < -0.39 is 0 Å². The third kappa shape index (κ3) is 4.50. The summed E-state index contributed by atoms with van der Waals surface area (Å²) in [5, 5.41) is 8.97. The van der Waals surface area contributed by atoms with Gasteiger partial charge in [-0.05, 0) is 79.5 Å². The number of nitrogens with one attached hydrogen (secondary N) is 1. The Hall–Kier alpha value is -4.23. The van der Waals surface area contributed by atoms with E-state index in [1.807, 2.05) is 24.7 Å². The molecule has 1 atom stereocenters. The Morgan fingerprint density at radius 3 is 2.63 bits per heavy atom. The fraction of sp³-hybridized carbons (Fsp3) is 0.226. The average molecular weight is 505 g/mol. The Kier molecular flexibility index (Phi) is 6.29. The number of hydrogen-bond acceptors (Lipinski definition) is 5. The molecule has 0 radical (unpaired) electrons. The zero-order chi connectivity index (χ0) is 26.2. The summed E-state index contributed by atoms with van der Waals surface area (Å²) in [5.74, 6) is -0.0779. The molecule has 1 N–H and O–H groups in total. The van der Waals surface area contributed by atoms with Gasteiger partial charge in [-0.2, -0.15) is 5.10 Å². The summed E-state index contributed by atoms with van der Waals surface area (Å²) in [7, 11) is 4.11. The SMILES string of the molecule is CCC1Cc2c(cncc2-c2cccc(F)c2)N=C1c1n[nH]c2ccc(-c3cncc(CN(C)C)c3)cc12. The van der Waals surface area contributed by atoms with Crippen molar-refractivity contribution in [1.29, 1.82) is 0 Å². The summed E-state index contributed by atoms with van der Waals surface area (Å²) >= 11 is 0. The number of aromatic amines is 1. The van der Waals surface area contributed by atoms with E-state index in [0.29, 0.717) is 0 Å². The lowest BCUT2D eigenvalue weighted by Crippen LogP contribution is -2.22. The van der Waals surface area contributed by atoms with Crippen molar-refractivity contribution >= 4 is 22.3 Å². The number of benzene rings is 2. The fourth-order valence-corrected chi connectivity index (χ4v) is 5.33. The van der Waals surface area contributed by atoms with Crippen LogP contribution in [0, 0.1) is 11.7 Å². The van der Waals surface area contributed by atoms with Gasteiger partial charge in [0.15, 0.2) is 0 Å². The van der Waals surface area contributed by atoms with E-state index in [0.717, 1.165) is 75.2 Å². The quantitative estimate of drug-likeness (QED) is 0.283. The highest BCUT2D eigenvalue weighted by Gasteiger charge is 2.28. The maximum Gasteiger partial charge on any atom is 0.123 e. The molecule has 1 unspecified atom stereocenters. The van der Waals surface area contributed by atoms with Gasteiger partial charge >= 0.3 is 0 Å². The molecule has 0 saturated carbocycles. The number of pyridine rings is 2. The Balaban J connectivity index is 1.44. The fourth-order valence-electron chi connectivity index (χ4n) is 5.33. The van der Waals surface area contributed by atoms with E-state index in [2.05, 4.69) is 65.3 Å². The first-order valence-corrected chi connectivity index (χ1v) is 12.9. The highest BCUT2D eigenvalue weighted by molar-refractivity contribution is 6.12. The van der Waals surface area contributed by atoms with Crippen LogP contribution in [0.2, 0.25) is 0 Å². The third-order valence-corrected chi connectivity index (χ3v) is 7.17. The Morgan fingerprint density at radius 2 is 1.82 bits per heavy atom. The molecule has 6 rings (SSSR count). The van der Waals surface area contributed by atoms with Gasteiger partial charge in [0.2, 0.25) is 0 Å². The van der Waals surface area contributed by atoms with E-state index in [9.17, 15) is 4.39 Å². The van der Waals surface area contributed by atoms with E-state index in [-0.39, 0.29) is 11.7 Å². The zero-order valence-corrected chi connectivity index (χ0v) is 21.7. The lowest BCUT2D eigenvalue weighted by molar-refractivity contribution is 0.402. The number of rotatable bonds is 6. The van der Waals surface area contributed by atoms with Gasteiger partial charge in [0.25, 0.3) is 0 Å². The number of hydrogen-bond donors (Lipinski definition) is 1. The molecular formula is C31H29FN6. The van der Waals surface area contributed by atoms with Crippen molar-refractivity contribution in [3.63, 3.8) is 0 Å². The van der Waals surface area contributed by atoms with Crippen molar-refractivity contribution in [2.75, 3.05) is 14.1 Å². The maximum atomic E-state index is 14.0. The molecule has 0 saturated heterocycles. The summed E-state index contributed by atoms with van der Waals surface area (Å²) < 4.78 is 14.0. The smallest absolute Gasteiger partial charge is 0.123 e. The average Bonchev–Trinajstić information content (AvgIpc) is 3.35. The van der Waals surface area contributed by atoms with Gasteiger partial charge in [-0.1, -0.05) is 25.1 Å². The Morgan fingerprint density at radius 1 is 0.947 bits per heavy atom. The van der Waals surface area contributed by atoms with Crippen molar-refractivity contribution in [3.05, 3.63) is 96.0 Å². The molecule has 190 valence electrons. The standard InChI is InChI=1S/C31H29FN6/c1-4-20-12-25-27(22-6-5-7-24(32)11-22)16-34-17-29(25)35-30(20)31-26-13-21(8-9-28(26)36-37-31)23-10-19(14-33-15-23)18-38(2)3/h5-11,13-17,20H,4,12,18H2,1-3H3,(H,36,37). The molecule has 3 aromatic heterocycles. The summed E-state index contributed by atoms with van der Waals surface area (Å²) in [4.78, 5) is 16.2. The van der Waals surface area contributed by atoms with Crippen molar-refractivity contribution in [1.82, 2.24) is 25.1 Å². The number of aromatic nitrogens is 4. The molecule has 0 amide bonds. The molecule has 1 aliphatic rings. The summed E-state index contributed by atoms with van der Waals surface area (Å²) in [6.07, 6.45) is 9.14. The number of fused-ring (bicyclic) bond motifs is 2. The van der Waals surface area contributed by atoms with Crippen LogP contribution < -0.4 is 0 Å². The predicted molar refractivity (Wildman–Crippen MR) is 150 cm³/mol. The van der Waals surface area contributed by atoms with Crippen LogP contribution in [0.5, 0.6) is 0 Å². The maximum absolute atomic E-state index is 14.0. The molecule has 38 heavy (non-hydrogen) atoms. The summed E-state index contributed by atoms with van der Waals surface area (Å²) in [6, 6.07) is 15.2. The van der Waals surface area contributed by atoms with Gasteiger partial charge in [-0.25, -0.2) is 9.38 Å². The molecule has 0 fully saturated rings. The Bertz CT molecular complexity index is 1670. The lowest BCUT2D eigenvalue weighted by atomic mass is 9.84. The van der Waals surface area contributed by atoms with Gasteiger partial charge in [0.05, 0.1) is 23.1 Å². The van der Waals surface area contributed by atoms with Gasteiger partial charge in [0, 0.05) is 47.6 Å². The second-order valence-corrected chi connectivity index (χ2v) is 10.2. The lowest BCUT2D eigenvalue weighted by Gasteiger charge is -2.25. The van der Waals surface area contributed by atoms with Crippen LogP contribution in [0.1, 0.15) is 30.2 Å². The minimum Gasteiger partial charge on any atom is -0.305 e. The van der Waals surface area contributed by atoms with Crippen LogP contribution in [0.4, 0.5) is 10.1 Å². The second kappa shape index (κ2) is 9.91. The minimum absolute atomic E-state index is 0.178. The Labute approximate surface area is 221 Å². The van der Waals surface area contributed by atoms with Gasteiger partial charge in [0.1, 0.15) is 11.5 Å². The van der Waals surface area contributed by atoms with Crippen LogP contribution in [0.3, 0.4) is 0 Å². The minimum atomic E-state index is -0.256. The molecule has 5 aromatic rings. The van der Waals surface area contributed by atoms with Crippen LogP contribution in [0.15, 0.2) is 78.3 Å². The second-order valence-electron chi connectivity index (χ2n) is 10.2. The van der Waals surface area contributed by atoms with Gasteiger partial charge in [-0.3, -0.25) is 15.1 Å². The highest BCUT2D eigenvalue weighted by Crippen LogP contribution is 2.39. The first kappa shape index (κ1) is 24.1. The van der Waals surface area contributed by atoms with E-state index in [1.165, 1.54) is 11.6 Å². The molecular weight excluding hydrogens is 475 g/mol. The van der Waals surface area contributed by atoms with Crippen LogP contribution in [-0.2, 0) is 13.0 Å². The molecule has 0 aliphatic carbocycles. The number of halogens is 1. The summed E-state index contributed by atoms with van der Waals surface area (Å²) in [6.45, 7) is 3.01. The topological polar surface area (TPSA) is 70.1 Å². The van der Waals surface area contributed by atoms with Crippen LogP contribution in [-0.4, -0.2) is 44.9 Å². The monoisotopic (exact) mass is 504 g/mol. The molecule has 0 spiro atoms. The van der Waals surface area contributed by atoms with E-state index >= 15 is 0 Å². The van der Waals surface area contributed by atoms with Crippen molar-refractivity contribution in [2.45, 2.75) is 26.3 Å². The van der Waals surface area contributed by atoms with Crippen molar-refractivity contribution in [3.8, 4) is 22.3 Å². The molecule has 4 heterocycles. The summed E-state index contributed by atoms with van der Waals surface area (Å²) in [5.41, 5.74) is 9.81. The third-order valence-electron chi connectivity index (χ3n) is 7.17. The molecule has 2 aromatic carbocycles. The van der Waals surface area contributed by atoms with Crippen LogP contribution >= 0.6 is 0 Å². The molecule has 1 aliphatic heterocycles. The first-order valence-electron chi connectivity index (χ1n) is 12.9. The van der Waals surface area contributed by atoms with E-state index in [1.54, 1.807) is 18.3 Å². The predicted octanol–water partition coefficient (Wildman–Crippen LogP) is 6.59. The highest BCUT2D eigenvalue weighted by atomic mass is 19.1. The first-order chi connectivity index (χ1) is 18.5. The number of aliphatic imine (C=N–C) groups is 1. The normalized spacial score (nSPS) is 15.1. The number of nitrogens with zero attached hydrogens (tertiary/aromatic N) is 5. The largest absolute Gasteiger partial charge is 0.305 e. The zero-order valence-electron chi connectivity index (χ0n) is 21.7. The number of H-pyrrole nitrogens is 1. The van der Waals surface area contributed by atoms with Crippen molar-refractivity contribution in [2.24, 2.45) is 10.9 Å². The van der Waals surface area contributed by atoms with Crippen molar-refractivity contribution < 1.29 is 4.39 Å². The van der Waals surface area contributed by atoms with Crippen LogP contribution in [0.25, 0.3) is 33.2 Å². The van der Waals surface area contributed by atoms with E-state index in [4.69, 9.17) is 10.1 Å². The van der Waals surface area contributed by atoms with Gasteiger partial charge < -0.3 is 4.90 Å².